The van der Waals surface area contributed by atoms with Gasteiger partial charge in [-0.25, -0.2) is 13.2 Å². The minimum Gasteiger partial charge on any atom is -0.478 e. The number of carbonyl (C=O) groups excluding carboxylic acids is 1. The van der Waals surface area contributed by atoms with Crippen LogP contribution in [0.15, 0.2) is 18.2 Å². The van der Waals surface area contributed by atoms with Crippen molar-refractivity contribution in [2.24, 2.45) is 0 Å². The molecule has 1 aromatic carbocycles. The summed E-state index contributed by atoms with van der Waals surface area (Å²) in [6.07, 6.45) is 2.54. The summed E-state index contributed by atoms with van der Waals surface area (Å²) in [5.74, 6) is -1.37. The number of amides is 1. The molecule has 1 atom stereocenters. The van der Waals surface area contributed by atoms with Crippen molar-refractivity contribution in [3.8, 4) is 0 Å². The van der Waals surface area contributed by atoms with Gasteiger partial charge in [0.1, 0.15) is 6.04 Å². The van der Waals surface area contributed by atoms with Crippen LogP contribution in [0.4, 0.5) is 5.69 Å². The number of piperidine rings is 1. The highest BCUT2D eigenvalue weighted by molar-refractivity contribution is 7.89. The van der Waals surface area contributed by atoms with Crippen molar-refractivity contribution in [2.75, 3.05) is 17.6 Å². The second-order valence-corrected chi connectivity index (χ2v) is 8.30. The number of aryl methyl sites for hydroxylation is 1. The summed E-state index contributed by atoms with van der Waals surface area (Å²) >= 11 is 0. The van der Waals surface area contributed by atoms with Gasteiger partial charge in [-0.3, -0.25) is 4.79 Å². The Morgan fingerprint density at radius 1 is 1.32 bits per heavy atom. The number of anilines is 1. The minimum absolute atomic E-state index is 0.0309. The Morgan fingerprint density at radius 3 is 2.64 bits per heavy atom. The molecule has 2 rings (SSSR count). The third-order valence-corrected chi connectivity index (χ3v) is 6.38. The quantitative estimate of drug-likeness (QED) is 0.801. The van der Waals surface area contributed by atoms with Crippen molar-refractivity contribution in [1.82, 2.24) is 4.31 Å². The number of carbonyl (C=O) groups is 2. The molecule has 2 N–H and O–H groups in total. The van der Waals surface area contributed by atoms with E-state index in [9.17, 15) is 18.0 Å². The van der Waals surface area contributed by atoms with E-state index in [1.807, 2.05) is 0 Å². The van der Waals surface area contributed by atoms with Crippen molar-refractivity contribution < 1.29 is 23.1 Å². The number of hydrogen-bond acceptors (Lipinski definition) is 4. The van der Waals surface area contributed by atoms with Crippen LogP contribution in [0.1, 0.15) is 48.5 Å². The molecule has 1 unspecified atom stereocenters. The molecule has 1 aliphatic heterocycles. The van der Waals surface area contributed by atoms with Gasteiger partial charge in [0.05, 0.1) is 11.3 Å². The summed E-state index contributed by atoms with van der Waals surface area (Å²) in [7, 11) is -3.45. The summed E-state index contributed by atoms with van der Waals surface area (Å²) in [6.45, 7) is 3.80. The predicted octanol–water partition coefficient (Wildman–Crippen LogP) is 2.23. The first-order chi connectivity index (χ1) is 11.8. The van der Waals surface area contributed by atoms with Crippen LogP contribution < -0.4 is 5.32 Å². The van der Waals surface area contributed by atoms with E-state index >= 15 is 0 Å². The number of carboxylic acids is 1. The van der Waals surface area contributed by atoms with E-state index in [2.05, 4.69) is 5.32 Å². The number of benzene rings is 1. The van der Waals surface area contributed by atoms with E-state index in [1.54, 1.807) is 19.9 Å². The summed E-state index contributed by atoms with van der Waals surface area (Å²) in [4.78, 5) is 23.7. The van der Waals surface area contributed by atoms with Crippen LogP contribution in [0, 0.1) is 6.92 Å². The first kappa shape index (κ1) is 19.4. The van der Waals surface area contributed by atoms with Crippen LogP contribution >= 0.6 is 0 Å². The first-order valence-electron chi connectivity index (χ1n) is 8.40. The molecule has 1 aromatic rings. The number of carboxylic acid groups (broad SMARTS) is 1. The maximum Gasteiger partial charge on any atom is 0.335 e. The molecule has 1 aliphatic rings. The Morgan fingerprint density at radius 2 is 2.04 bits per heavy atom. The highest BCUT2D eigenvalue weighted by Gasteiger charge is 2.36. The molecule has 1 heterocycles. The molecule has 0 saturated carbocycles. The highest BCUT2D eigenvalue weighted by atomic mass is 32.2. The Kier molecular flexibility index (Phi) is 6.18. The lowest BCUT2D eigenvalue weighted by Crippen LogP contribution is -2.50. The van der Waals surface area contributed by atoms with E-state index in [0.717, 1.165) is 12.8 Å². The van der Waals surface area contributed by atoms with Crippen LogP contribution in [-0.4, -0.2) is 48.0 Å². The van der Waals surface area contributed by atoms with Gasteiger partial charge in [-0.15, -0.1) is 0 Å². The van der Waals surface area contributed by atoms with Gasteiger partial charge < -0.3 is 10.4 Å². The Hall–Kier alpha value is -1.93. The van der Waals surface area contributed by atoms with Gasteiger partial charge >= 0.3 is 5.97 Å². The third-order valence-electron chi connectivity index (χ3n) is 4.30. The fourth-order valence-electron chi connectivity index (χ4n) is 3.08. The third kappa shape index (κ3) is 4.58. The van der Waals surface area contributed by atoms with E-state index in [4.69, 9.17) is 5.11 Å². The molecule has 1 amide bonds. The van der Waals surface area contributed by atoms with Crippen LogP contribution in [0.5, 0.6) is 0 Å². The van der Waals surface area contributed by atoms with E-state index in [-0.39, 0.29) is 17.2 Å². The molecule has 0 radical (unpaired) electrons. The monoisotopic (exact) mass is 368 g/mol. The zero-order valence-corrected chi connectivity index (χ0v) is 15.3. The van der Waals surface area contributed by atoms with Gasteiger partial charge in [-0.05, 0) is 49.9 Å². The average Bonchev–Trinajstić information content (AvgIpc) is 2.54. The van der Waals surface area contributed by atoms with Crippen molar-refractivity contribution in [1.29, 1.82) is 0 Å². The molecule has 0 spiro atoms. The van der Waals surface area contributed by atoms with Crippen LogP contribution in [0.3, 0.4) is 0 Å². The van der Waals surface area contributed by atoms with E-state index in [1.165, 1.54) is 16.4 Å². The van der Waals surface area contributed by atoms with Gasteiger partial charge in [-0.1, -0.05) is 13.3 Å². The number of nitrogens with zero attached hydrogens (tertiary/aromatic N) is 1. The maximum atomic E-state index is 12.6. The Bertz CT molecular complexity index is 760. The zero-order chi connectivity index (χ0) is 18.6. The first-order valence-corrected chi connectivity index (χ1v) is 10.0. The number of nitrogens with one attached hydrogen (secondary N) is 1. The summed E-state index contributed by atoms with van der Waals surface area (Å²) in [5, 5.41) is 11.8. The van der Waals surface area contributed by atoms with E-state index in [0.29, 0.717) is 30.6 Å². The molecular formula is C17H24N2O5S. The molecule has 1 saturated heterocycles. The Balaban J connectivity index is 2.18. The second-order valence-electron chi connectivity index (χ2n) is 6.26. The van der Waals surface area contributed by atoms with Gasteiger partial charge in [-0.2, -0.15) is 4.31 Å². The summed E-state index contributed by atoms with van der Waals surface area (Å²) < 4.78 is 26.1. The van der Waals surface area contributed by atoms with Gasteiger partial charge in [0.15, 0.2) is 0 Å². The van der Waals surface area contributed by atoms with E-state index < -0.39 is 22.0 Å². The second kappa shape index (κ2) is 7.97. The van der Waals surface area contributed by atoms with Crippen molar-refractivity contribution >= 4 is 27.6 Å². The molecule has 138 valence electrons. The van der Waals surface area contributed by atoms with Crippen molar-refractivity contribution in [2.45, 2.75) is 45.6 Å². The molecule has 0 aromatic heterocycles. The minimum atomic E-state index is -3.45. The number of aromatic carboxylic acids is 1. The lowest BCUT2D eigenvalue weighted by atomic mass is 10.0. The number of rotatable bonds is 6. The highest BCUT2D eigenvalue weighted by Crippen LogP contribution is 2.23. The Labute approximate surface area is 148 Å². The van der Waals surface area contributed by atoms with Crippen molar-refractivity contribution in [3.63, 3.8) is 0 Å². The fraction of sp³-hybridized carbons (Fsp3) is 0.529. The van der Waals surface area contributed by atoms with Crippen LogP contribution in [0.25, 0.3) is 0 Å². The molecule has 25 heavy (non-hydrogen) atoms. The van der Waals surface area contributed by atoms with Gasteiger partial charge in [0.2, 0.25) is 15.9 Å². The summed E-state index contributed by atoms with van der Waals surface area (Å²) in [6, 6.07) is 3.81. The summed E-state index contributed by atoms with van der Waals surface area (Å²) in [5.41, 5.74) is 1.16. The zero-order valence-electron chi connectivity index (χ0n) is 14.5. The standard InChI is InChI=1S/C17H24N2O5S/c1-3-10-25(23,24)19-9-5-4-6-15(19)16(20)18-13-7-8-14(17(21)22)12(2)11-13/h7-8,11,15H,3-6,9-10H2,1-2H3,(H,18,20)(H,21,22). The smallest absolute Gasteiger partial charge is 0.335 e. The SMILES string of the molecule is CCCS(=O)(=O)N1CCCCC1C(=O)Nc1ccc(C(=O)O)c(C)c1. The number of hydrogen-bond donors (Lipinski definition) is 2. The molecule has 0 bridgehead atoms. The predicted molar refractivity (Wildman–Crippen MR) is 95.2 cm³/mol. The van der Waals surface area contributed by atoms with Crippen LogP contribution in [-0.2, 0) is 14.8 Å². The molecule has 7 nitrogen and oxygen atoms in total. The van der Waals surface area contributed by atoms with Gasteiger partial charge in [0, 0.05) is 12.2 Å². The molecule has 0 aliphatic carbocycles. The van der Waals surface area contributed by atoms with Crippen LogP contribution in [0.2, 0.25) is 0 Å². The normalized spacial score (nSPS) is 18.7. The number of sulfonamides is 1. The molecule has 1 fully saturated rings. The lowest BCUT2D eigenvalue weighted by Gasteiger charge is -2.33. The fourth-order valence-corrected chi connectivity index (χ4v) is 4.83. The lowest BCUT2D eigenvalue weighted by molar-refractivity contribution is -0.120. The largest absolute Gasteiger partial charge is 0.478 e. The molecule has 8 heteroatoms. The van der Waals surface area contributed by atoms with Gasteiger partial charge in [0.25, 0.3) is 0 Å². The maximum absolute atomic E-state index is 12.6. The topological polar surface area (TPSA) is 104 Å². The van der Waals surface area contributed by atoms with Crippen molar-refractivity contribution in [3.05, 3.63) is 29.3 Å². The average molecular weight is 368 g/mol. The molecular weight excluding hydrogens is 344 g/mol.